The highest BCUT2D eigenvalue weighted by Gasteiger charge is 2.00. The van der Waals surface area contributed by atoms with Gasteiger partial charge in [-0.05, 0) is 25.2 Å². The first-order chi connectivity index (χ1) is 4.85. The Bertz CT molecular complexity index is 87.4. The van der Waals surface area contributed by atoms with Gasteiger partial charge < -0.3 is 0 Å². The zero-order valence-corrected chi connectivity index (χ0v) is 6.55. The summed E-state index contributed by atoms with van der Waals surface area (Å²) in [6, 6.07) is 0. The lowest BCUT2D eigenvalue weighted by Gasteiger charge is -2.08. The Kier molecular flexibility index (Phi) is 5.85. The molecule has 0 N–H and O–H groups in total. The summed E-state index contributed by atoms with van der Waals surface area (Å²) in [6.45, 7) is 11.1. The predicted molar refractivity (Wildman–Crippen MR) is 47.9 cm³/mol. The third kappa shape index (κ3) is 4.13. The van der Waals surface area contributed by atoms with Crippen LogP contribution in [0.1, 0.15) is 19.3 Å². The third-order valence-electron chi connectivity index (χ3n) is 1.50. The minimum absolute atomic E-state index is 0.674. The first-order valence-electron chi connectivity index (χ1n) is 3.67. The molecule has 0 nitrogen and oxygen atoms in total. The van der Waals surface area contributed by atoms with Crippen LogP contribution in [0.25, 0.3) is 0 Å². The van der Waals surface area contributed by atoms with Crippen LogP contribution < -0.4 is 0 Å². The summed E-state index contributed by atoms with van der Waals surface area (Å²) in [5, 5.41) is 0. The highest BCUT2D eigenvalue weighted by Crippen LogP contribution is 2.14. The second-order valence-electron chi connectivity index (χ2n) is 2.44. The summed E-state index contributed by atoms with van der Waals surface area (Å²) >= 11 is 0. The largest absolute Gasteiger partial charge is 0.103 e. The topological polar surface area (TPSA) is 0 Å². The minimum atomic E-state index is 0.674. The van der Waals surface area contributed by atoms with Crippen LogP contribution in [-0.2, 0) is 0 Å². The van der Waals surface area contributed by atoms with Crippen molar-refractivity contribution in [3.8, 4) is 0 Å². The van der Waals surface area contributed by atoms with Gasteiger partial charge in [-0.2, -0.15) is 0 Å². The molecule has 0 radical (unpaired) electrons. The van der Waals surface area contributed by atoms with E-state index in [1.165, 1.54) is 0 Å². The molecule has 0 bridgehead atoms. The van der Waals surface area contributed by atoms with Crippen molar-refractivity contribution < 1.29 is 0 Å². The standard InChI is InChI=1S/C10H16/c1-4-7-10(8-5-2)9-6-3/h4-6,10H,1-3,7-9H2. The van der Waals surface area contributed by atoms with Crippen LogP contribution in [0, 0.1) is 5.92 Å². The van der Waals surface area contributed by atoms with E-state index in [1.54, 1.807) is 0 Å². The first-order valence-corrected chi connectivity index (χ1v) is 3.67. The predicted octanol–water partition coefficient (Wildman–Crippen LogP) is 3.33. The van der Waals surface area contributed by atoms with E-state index in [0.717, 1.165) is 19.3 Å². The van der Waals surface area contributed by atoms with E-state index in [4.69, 9.17) is 0 Å². The van der Waals surface area contributed by atoms with Crippen LogP contribution in [0.5, 0.6) is 0 Å². The molecule has 0 aromatic carbocycles. The number of allylic oxidation sites excluding steroid dienone is 3. The van der Waals surface area contributed by atoms with Gasteiger partial charge in [0.15, 0.2) is 0 Å². The zero-order valence-electron chi connectivity index (χ0n) is 6.55. The molecule has 0 aliphatic carbocycles. The van der Waals surface area contributed by atoms with Gasteiger partial charge in [0.2, 0.25) is 0 Å². The number of hydrogen-bond donors (Lipinski definition) is 0. The summed E-state index contributed by atoms with van der Waals surface area (Å²) in [6.07, 6.45) is 9.07. The van der Waals surface area contributed by atoms with Crippen LogP contribution in [0.2, 0.25) is 0 Å². The maximum absolute atomic E-state index is 3.70. The van der Waals surface area contributed by atoms with Crippen molar-refractivity contribution in [1.82, 2.24) is 0 Å². The van der Waals surface area contributed by atoms with Gasteiger partial charge in [-0.3, -0.25) is 0 Å². The van der Waals surface area contributed by atoms with Gasteiger partial charge in [-0.15, -0.1) is 19.7 Å². The fourth-order valence-corrected chi connectivity index (χ4v) is 0.996. The van der Waals surface area contributed by atoms with Crippen LogP contribution >= 0.6 is 0 Å². The van der Waals surface area contributed by atoms with E-state index in [2.05, 4.69) is 19.7 Å². The molecule has 0 saturated heterocycles. The van der Waals surface area contributed by atoms with E-state index in [9.17, 15) is 0 Å². The number of rotatable bonds is 6. The molecule has 0 amide bonds. The van der Waals surface area contributed by atoms with E-state index >= 15 is 0 Å². The lowest BCUT2D eigenvalue weighted by atomic mass is 9.98. The first kappa shape index (κ1) is 9.22. The molecule has 0 heterocycles. The molecule has 0 aliphatic heterocycles. The highest BCUT2D eigenvalue weighted by atomic mass is 14.0. The monoisotopic (exact) mass is 136 g/mol. The highest BCUT2D eigenvalue weighted by molar-refractivity contribution is 4.83. The summed E-state index contributed by atoms with van der Waals surface area (Å²) < 4.78 is 0. The molecule has 0 atom stereocenters. The summed E-state index contributed by atoms with van der Waals surface area (Å²) in [5.41, 5.74) is 0. The van der Waals surface area contributed by atoms with E-state index in [-0.39, 0.29) is 0 Å². The molecule has 0 aromatic rings. The molecule has 0 heteroatoms. The Morgan fingerprint density at radius 3 is 1.30 bits per heavy atom. The summed E-state index contributed by atoms with van der Waals surface area (Å²) in [5.74, 6) is 0.674. The van der Waals surface area contributed by atoms with Crippen molar-refractivity contribution in [1.29, 1.82) is 0 Å². The molecule has 0 rings (SSSR count). The molecule has 0 saturated carbocycles. The normalized spacial score (nSPS) is 9.30. The lowest BCUT2D eigenvalue weighted by Crippen LogP contribution is -1.94. The van der Waals surface area contributed by atoms with Crippen molar-refractivity contribution in [2.75, 3.05) is 0 Å². The molecule has 0 unspecified atom stereocenters. The minimum Gasteiger partial charge on any atom is -0.103 e. The van der Waals surface area contributed by atoms with Crippen molar-refractivity contribution in [2.45, 2.75) is 19.3 Å². The van der Waals surface area contributed by atoms with Crippen molar-refractivity contribution in [2.24, 2.45) is 5.92 Å². The Morgan fingerprint density at radius 1 is 0.800 bits per heavy atom. The Hall–Kier alpha value is -0.780. The zero-order chi connectivity index (χ0) is 7.82. The summed E-state index contributed by atoms with van der Waals surface area (Å²) in [7, 11) is 0. The van der Waals surface area contributed by atoms with Gasteiger partial charge in [0.25, 0.3) is 0 Å². The van der Waals surface area contributed by atoms with Crippen LogP contribution in [0.15, 0.2) is 38.0 Å². The van der Waals surface area contributed by atoms with Gasteiger partial charge in [-0.1, -0.05) is 18.2 Å². The quantitative estimate of drug-likeness (QED) is 0.491. The van der Waals surface area contributed by atoms with Gasteiger partial charge in [0.05, 0.1) is 0 Å². The third-order valence-corrected chi connectivity index (χ3v) is 1.50. The Labute approximate surface area is 64.0 Å². The SMILES string of the molecule is C=CCC(CC=C)CC=C. The Morgan fingerprint density at radius 2 is 1.10 bits per heavy atom. The van der Waals surface area contributed by atoms with E-state index in [1.807, 2.05) is 18.2 Å². The molecule has 10 heavy (non-hydrogen) atoms. The van der Waals surface area contributed by atoms with Gasteiger partial charge >= 0.3 is 0 Å². The molecule has 0 aliphatic rings. The molecule has 0 fully saturated rings. The fraction of sp³-hybridized carbons (Fsp3) is 0.400. The van der Waals surface area contributed by atoms with Crippen LogP contribution in [-0.4, -0.2) is 0 Å². The van der Waals surface area contributed by atoms with Gasteiger partial charge in [0.1, 0.15) is 0 Å². The molecular formula is C10H16. The van der Waals surface area contributed by atoms with Crippen molar-refractivity contribution in [3.63, 3.8) is 0 Å². The molecule has 0 aromatic heterocycles. The number of hydrogen-bond acceptors (Lipinski definition) is 0. The fourth-order valence-electron chi connectivity index (χ4n) is 0.996. The maximum atomic E-state index is 3.70. The second-order valence-corrected chi connectivity index (χ2v) is 2.44. The van der Waals surface area contributed by atoms with Gasteiger partial charge in [-0.25, -0.2) is 0 Å². The van der Waals surface area contributed by atoms with Gasteiger partial charge in [0, 0.05) is 0 Å². The lowest BCUT2D eigenvalue weighted by molar-refractivity contribution is 0.552. The van der Waals surface area contributed by atoms with Crippen LogP contribution in [0.4, 0.5) is 0 Å². The molecular weight excluding hydrogens is 120 g/mol. The van der Waals surface area contributed by atoms with Crippen molar-refractivity contribution >= 4 is 0 Å². The Balaban J connectivity index is 3.58. The maximum Gasteiger partial charge on any atom is -0.0311 e. The van der Waals surface area contributed by atoms with E-state index < -0.39 is 0 Å². The molecule has 56 valence electrons. The van der Waals surface area contributed by atoms with Crippen LogP contribution in [0.3, 0.4) is 0 Å². The van der Waals surface area contributed by atoms with E-state index in [0.29, 0.717) is 5.92 Å². The smallest absolute Gasteiger partial charge is 0.0311 e. The average molecular weight is 136 g/mol. The molecule has 0 spiro atoms. The average Bonchev–Trinajstić information content (AvgIpc) is 1.90. The summed E-state index contributed by atoms with van der Waals surface area (Å²) in [4.78, 5) is 0. The van der Waals surface area contributed by atoms with Crippen molar-refractivity contribution in [3.05, 3.63) is 38.0 Å². The second kappa shape index (κ2) is 6.34.